The second kappa shape index (κ2) is 8.02. The number of nitrogen functional groups attached to an aromatic ring is 1. The molecule has 0 aliphatic carbocycles. The van der Waals surface area contributed by atoms with Crippen molar-refractivity contribution in [3.05, 3.63) is 41.3 Å². The van der Waals surface area contributed by atoms with Gasteiger partial charge in [-0.3, -0.25) is 9.97 Å². The summed E-state index contributed by atoms with van der Waals surface area (Å²) in [5.41, 5.74) is 6.64. The Morgan fingerprint density at radius 2 is 1.33 bits per heavy atom. The highest BCUT2D eigenvalue weighted by Crippen LogP contribution is 2.09. The van der Waals surface area contributed by atoms with E-state index in [4.69, 9.17) is 40.5 Å². The van der Waals surface area contributed by atoms with Gasteiger partial charge in [0, 0.05) is 24.8 Å². The molecule has 2 N–H and O–H groups in total. The maximum absolute atomic E-state index is 5.57. The van der Waals surface area contributed by atoms with E-state index in [2.05, 4.69) is 19.9 Å². The quantitative estimate of drug-likeness (QED) is 0.863. The normalized spacial score (nSPS) is 9.50. The van der Waals surface area contributed by atoms with E-state index in [1.807, 2.05) is 0 Å². The van der Waals surface area contributed by atoms with Crippen LogP contribution in [0.2, 0.25) is 5.15 Å². The van der Waals surface area contributed by atoms with Crippen molar-refractivity contribution in [2.75, 3.05) is 5.73 Å². The van der Waals surface area contributed by atoms with Crippen LogP contribution in [0.15, 0.2) is 24.8 Å². The summed E-state index contributed by atoms with van der Waals surface area (Å²) < 4.78 is 0. The van der Waals surface area contributed by atoms with Crippen molar-refractivity contribution in [2.24, 2.45) is 0 Å². The molecule has 0 fully saturated rings. The predicted octanol–water partition coefficient (Wildman–Crippen LogP) is 2.67. The topological polar surface area (TPSA) is 77.6 Å². The predicted molar refractivity (Wildman–Crippen MR) is 72.6 cm³/mol. The molecule has 2 heterocycles. The van der Waals surface area contributed by atoms with E-state index in [0.717, 1.165) is 0 Å². The second-order valence-electron chi connectivity index (χ2n) is 2.95. The SMILES string of the molecule is ClCc1nccnc1Cl.Nc1nccnc1CCl. The molecule has 8 heteroatoms. The van der Waals surface area contributed by atoms with Crippen LogP contribution in [0.1, 0.15) is 11.4 Å². The first-order chi connectivity index (χ1) is 8.69. The van der Waals surface area contributed by atoms with Gasteiger partial charge in [-0.05, 0) is 0 Å². The Morgan fingerprint density at radius 3 is 1.72 bits per heavy atom. The van der Waals surface area contributed by atoms with Crippen molar-refractivity contribution in [3.63, 3.8) is 0 Å². The first kappa shape index (κ1) is 14.9. The van der Waals surface area contributed by atoms with Gasteiger partial charge >= 0.3 is 0 Å². The molecule has 18 heavy (non-hydrogen) atoms. The third-order valence-corrected chi connectivity index (χ3v) is 2.60. The van der Waals surface area contributed by atoms with E-state index >= 15 is 0 Å². The van der Waals surface area contributed by atoms with Gasteiger partial charge in [0.1, 0.15) is 5.82 Å². The maximum atomic E-state index is 5.57. The number of halogens is 3. The average molecular weight is 307 g/mol. The molecule has 0 saturated carbocycles. The smallest absolute Gasteiger partial charge is 0.151 e. The summed E-state index contributed by atoms with van der Waals surface area (Å²) in [6.07, 6.45) is 6.18. The van der Waals surface area contributed by atoms with Gasteiger partial charge in [0.05, 0.1) is 23.1 Å². The number of aromatic nitrogens is 4. The largest absolute Gasteiger partial charge is 0.382 e. The highest BCUT2D eigenvalue weighted by molar-refractivity contribution is 6.30. The van der Waals surface area contributed by atoms with Crippen LogP contribution in [-0.2, 0) is 11.8 Å². The monoisotopic (exact) mass is 305 g/mol. The third-order valence-electron chi connectivity index (χ3n) is 1.78. The average Bonchev–Trinajstić information content (AvgIpc) is 2.41. The summed E-state index contributed by atoms with van der Waals surface area (Å²) in [6, 6.07) is 0. The van der Waals surface area contributed by atoms with Gasteiger partial charge in [-0.15, -0.1) is 23.2 Å². The Morgan fingerprint density at radius 1 is 0.833 bits per heavy atom. The molecule has 0 unspecified atom stereocenters. The fourth-order valence-corrected chi connectivity index (χ4v) is 1.56. The van der Waals surface area contributed by atoms with E-state index in [9.17, 15) is 0 Å². The Labute approximate surface area is 119 Å². The maximum Gasteiger partial charge on any atom is 0.151 e. The highest BCUT2D eigenvalue weighted by atomic mass is 35.5. The fraction of sp³-hybridized carbons (Fsp3) is 0.200. The summed E-state index contributed by atoms with van der Waals surface area (Å²) in [4.78, 5) is 15.3. The summed E-state index contributed by atoms with van der Waals surface area (Å²) in [5, 5.41) is 0.382. The fourth-order valence-electron chi connectivity index (χ4n) is 0.920. The molecule has 0 aromatic carbocycles. The van der Waals surface area contributed by atoms with Crippen molar-refractivity contribution in [3.8, 4) is 0 Å². The Balaban J connectivity index is 0.000000180. The van der Waals surface area contributed by atoms with Crippen LogP contribution in [0.3, 0.4) is 0 Å². The summed E-state index contributed by atoms with van der Waals surface area (Å²) >= 11 is 16.5. The number of hydrogen-bond donors (Lipinski definition) is 1. The van der Waals surface area contributed by atoms with Crippen LogP contribution in [-0.4, -0.2) is 19.9 Å². The van der Waals surface area contributed by atoms with E-state index in [1.54, 1.807) is 12.4 Å². The molecule has 0 amide bonds. The standard InChI is InChI=1S/C5H4Cl2N2.C5H6ClN3/c2*6-3-4-5(7)9-2-1-8-4/h1-2H,3H2;1-2H,3H2,(H2,7,9). The summed E-state index contributed by atoms with van der Waals surface area (Å²) in [5.74, 6) is 1.04. The minimum Gasteiger partial charge on any atom is -0.382 e. The van der Waals surface area contributed by atoms with Gasteiger partial charge in [-0.25, -0.2) is 9.97 Å². The number of rotatable bonds is 2. The first-order valence-corrected chi connectivity index (χ1v) is 6.26. The molecule has 0 aliphatic rings. The molecule has 2 rings (SSSR count). The first-order valence-electron chi connectivity index (χ1n) is 4.81. The van der Waals surface area contributed by atoms with Crippen LogP contribution in [0.25, 0.3) is 0 Å². The molecule has 0 atom stereocenters. The molecule has 0 aliphatic heterocycles. The number of hydrogen-bond acceptors (Lipinski definition) is 5. The molecular formula is C10H10Cl3N5. The van der Waals surface area contributed by atoms with Gasteiger partial charge in [-0.2, -0.15) is 0 Å². The molecule has 96 valence electrons. The Kier molecular flexibility index (Phi) is 6.64. The minimum absolute atomic E-state index is 0.312. The highest BCUT2D eigenvalue weighted by Gasteiger charge is 1.97. The van der Waals surface area contributed by atoms with Gasteiger partial charge < -0.3 is 5.73 Å². The molecule has 0 bridgehead atoms. The number of alkyl halides is 2. The van der Waals surface area contributed by atoms with Gasteiger partial charge in [0.2, 0.25) is 0 Å². The van der Waals surface area contributed by atoms with Crippen molar-refractivity contribution in [1.82, 2.24) is 19.9 Å². The van der Waals surface area contributed by atoms with Crippen LogP contribution < -0.4 is 5.73 Å². The lowest BCUT2D eigenvalue weighted by Crippen LogP contribution is -1.96. The molecule has 0 radical (unpaired) electrons. The third kappa shape index (κ3) is 4.60. The summed E-state index contributed by atoms with van der Waals surface area (Å²) in [6.45, 7) is 0. The number of nitrogens with two attached hydrogens (primary N) is 1. The zero-order valence-electron chi connectivity index (χ0n) is 9.22. The van der Waals surface area contributed by atoms with Crippen LogP contribution in [0.4, 0.5) is 5.82 Å². The van der Waals surface area contributed by atoms with Gasteiger partial charge in [-0.1, -0.05) is 11.6 Å². The van der Waals surface area contributed by atoms with E-state index in [0.29, 0.717) is 34.1 Å². The van der Waals surface area contributed by atoms with Crippen molar-refractivity contribution in [1.29, 1.82) is 0 Å². The number of anilines is 1. The molecule has 0 spiro atoms. The zero-order valence-corrected chi connectivity index (χ0v) is 11.5. The van der Waals surface area contributed by atoms with Crippen LogP contribution in [0.5, 0.6) is 0 Å². The van der Waals surface area contributed by atoms with Crippen LogP contribution in [0, 0.1) is 0 Å². The second-order valence-corrected chi connectivity index (χ2v) is 3.84. The van der Waals surface area contributed by atoms with E-state index < -0.39 is 0 Å². The van der Waals surface area contributed by atoms with Crippen LogP contribution >= 0.6 is 34.8 Å². The van der Waals surface area contributed by atoms with Gasteiger partial charge in [0.15, 0.2) is 5.15 Å². The molecule has 5 nitrogen and oxygen atoms in total. The lowest BCUT2D eigenvalue weighted by atomic mass is 10.5. The van der Waals surface area contributed by atoms with Crippen molar-refractivity contribution in [2.45, 2.75) is 11.8 Å². The Hall–Kier alpha value is -1.17. The molecule has 2 aromatic rings. The van der Waals surface area contributed by atoms with Crippen molar-refractivity contribution >= 4 is 40.6 Å². The molecule has 0 saturated heterocycles. The number of nitrogens with zero attached hydrogens (tertiary/aromatic N) is 4. The Bertz CT molecular complexity index is 449. The lowest BCUT2D eigenvalue weighted by Gasteiger charge is -1.94. The van der Waals surface area contributed by atoms with Gasteiger partial charge in [0.25, 0.3) is 0 Å². The minimum atomic E-state index is 0.312. The molecular weight excluding hydrogens is 297 g/mol. The zero-order chi connectivity index (χ0) is 13.4. The van der Waals surface area contributed by atoms with Crippen molar-refractivity contribution < 1.29 is 0 Å². The summed E-state index contributed by atoms with van der Waals surface area (Å²) in [7, 11) is 0. The van der Waals surface area contributed by atoms with E-state index in [-0.39, 0.29) is 0 Å². The van der Waals surface area contributed by atoms with E-state index in [1.165, 1.54) is 12.4 Å². The molecule has 2 aromatic heterocycles. The lowest BCUT2D eigenvalue weighted by molar-refractivity contribution is 1.10.